The summed E-state index contributed by atoms with van der Waals surface area (Å²) in [6, 6.07) is 3.17. The Morgan fingerprint density at radius 2 is 2.26 bits per heavy atom. The summed E-state index contributed by atoms with van der Waals surface area (Å²) < 4.78 is 10.7. The summed E-state index contributed by atoms with van der Waals surface area (Å²) in [4.78, 5) is 35.6. The molecule has 9 heteroatoms. The summed E-state index contributed by atoms with van der Waals surface area (Å²) in [5, 5.41) is 9.93. The van der Waals surface area contributed by atoms with E-state index in [1.165, 1.54) is 0 Å². The van der Waals surface area contributed by atoms with Crippen LogP contribution >= 0.6 is 0 Å². The van der Waals surface area contributed by atoms with E-state index in [0.29, 0.717) is 38.7 Å². The Morgan fingerprint density at radius 3 is 2.93 bits per heavy atom. The number of aromatic amines is 1. The maximum atomic E-state index is 12.8. The molecule has 0 aromatic carbocycles. The van der Waals surface area contributed by atoms with Crippen molar-refractivity contribution in [2.75, 3.05) is 32.8 Å². The molecule has 2 aliphatic rings. The number of carbonyl (C=O) groups is 2. The Balaban J connectivity index is 1.47. The fraction of sp³-hybridized carbons (Fsp3) is 0.500. The van der Waals surface area contributed by atoms with Crippen LogP contribution < -0.4 is 4.74 Å². The normalized spacial score (nSPS) is 24.9. The number of hydrogen-bond acceptors (Lipinski definition) is 6. The second-order valence-corrected chi connectivity index (χ2v) is 7.14. The molecule has 144 valence electrons. The largest absolute Gasteiger partial charge is 0.481 e. The summed E-state index contributed by atoms with van der Waals surface area (Å²) in [5.41, 5.74) is -0.00661. The zero-order valence-electron chi connectivity index (χ0n) is 15.1. The first kappa shape index (κ1) is 17.6. The van der Waals surface area contributed by atoms with Crippen LogP contribution in [0.5, 0.6) is 5.95 Å². The molecule has 27 heavy (non-hydrogen) atoms. The molecule has 0 aliphatic carbocycles. The Kier molecular flexibility index (Phi) is 4.39. The molecule has 0 radical (unpaired) electrons. The van der Waals surface area contributed by atoms with E-state index in [1.54, 1.807) is 29.6 Å². The van der Waals surface area contributed by atoms with Gasteiger partial charge in [0.2, 0.25) is 0 Å². The van der Waals surface area contributed by atoms with E-state index in [9.17, 15) is 14.7 Å². The van der Waals surface area contributed by atoms with Crippen molar-refractivity contribution in [3.63, 3.8) is 0 Å². The minimum atomic E-state index is -0.953. The Morgan fingerprint density at radius 1 is 1.41 bits per heavy atom. The first-order valence-electron chi connectivity index (χ1n) is 8.97. The molecule has 9 nitrogen and oxygen atoms in total. The molecule has 2 N–H and O–H groups in total. The number of H-pyrrole nitrogens is 1. The van der Waals surface area contributed by atoms with Gasteiger partial charge in [0.15, 0.2) is 5.76 Å². The molecule has 0 bridgehead atoms. The summed E-state index contributed by atoms with van der Waals surface area (Å²) >= 11 is 0. The van der Waals surface area contributed by atoms with Gasteiger partial charge in [0.05, 0.1) is 12.9 Å². The maximum absolute atomic E-state index is 12.8. The van der Waals surface area contributed by atoms with Crippen LogP contribution in [0.25, 0.3) is 0 Å². The minimum absolute atomic E-state index is 0.122. The number of nitrogens with one attached hydrogen (secondary N) is 1. The van der Waals surface area contributed by atoms with Gasteiger partial charge < -0.3 is 24.1 Å². The molecule has 2 aromatic rings. The number of imidazole rings is 1. The number of carboxylic acid groups (broad SMARTS) is 1. The zero-order chi connectivity index (χ0) is 19.0. The standard InChI is InChI=1S/C18H22N4O5/c1-2-26-15-4-3-14(27-15)16(23)22-7-12-6-21(8-13-5-19-11-20-13)9-18(12,10-22)17(24)25/h3-5,11-12H,2,6-10H2,1H3,(H,19,20)(H,24,25)/t12-,18-/m1/s1. The quantitative estimate of drug-likeness (QED) is 0.777. The molecule has 0 spiro atoms. The third-order valence-corrected chi connectivity index (χ3v) is 5.42. The number of aliphatic carboxylic acids is 1. The lowest BCUT2D eigenvalue weighted by Crippen LogP contribution is -2.41. The van der Waals surface area contributed by atoms with E-state index in [2.05, 4.69) is 14.9 Å². The van der Waals surface area contributed by atoms with Gasteiger partial charge in [-0.25, -0.2) is 4.98 Å². The van der Waals surface area contributed by atoms with Crippen molar-refractivity contribution in [1.82, 2.24) is 19.8 Å². The Hall–Kier alpha value is -2.81. The SMILES string of the molecule is CCOc1ccc(C(=O)N2C[C@H]3CN(Cc4cnc[nH]4)C[C@@]3(C(=O)O)C2)o1. The molecular formula is C18H22N4O5. The second-order valence-electron chi connectivity index (χ2n) is 7.14. The first-order valence-corrected chi connectivity index (χ1v) is 8.97. The fourth-order valence-corrected chi connectivity index (χ4v) is 4.17. The average molecular weight is 374 g/mol. The van der Waals surface area contributed by atoms with Crippen LogP contribution in [0.3, 0.4) is 0 Å². The summed E-state index contributed by atoms with van der Waals surface area (Å²) in [5.74, 6) is -0.809. The highest BCUT2D eigenvalue weighted by Gasteiger charge is 2.58. The van der Waals surface area contributed by atoms with Gasteiger partial charge in [-0.05, 0) is 13.0 Å². The number of ether oxygens (including phenoxy) is 1. The topological polar surface area (TPSA) is 112 Å². The molecule has 4 rings (SSSR count). The van der Waals surface area contributed by atoms with Crippen LogP contribution in [-0.4, -0.2) is 69.5 Å². The van der Waals surface area contributed by atoms with Gasteiger partial charge in [-0.15, -0.1) is 0 Å². The summed E-state index contributed by atoms with van der Waals surface area (Å²) in [6.45, 7) is 4.49. The lowest BCUT2D eigenvalue weighted by atomic mass is 9.81. The number of hydrogen-bond donors (Lipinski definition) is 2. The molecule has 2 fully saturated rings. The predicted molar refractivity (Wildman–Crippen MR) is 93.2 cm³/mol. The van der Waals surface area contributed by atoms with E-state index in [-0.39, 0.29) is 24.1 Å². The van der Waals surface area contributed by atoms with Crippen LogP contribution in [-0.2, 0) is 11.3 Å². The second kappa shape index (κ2) is 6.73. The van der Waals surface area contributed by atoms with Crippen molar-refractivity contribution >= 4 is 11.9 Å². The highest BCUT2D eigenvalue weighted by atomic mass is 16.6. The third kappa shape index (κ3) is 3.08. The maximum Gasteiger partial charge on any atom is 0.313 e. The molecule has 2 aliphatic heterocycles. The number of carboxylic acids is 1. The van der Waals surface area contributed by atoms with E-state index < -0.39 is 11.4 Å². The van der Waals surface area contributed by atoms with Gasteiger partial charge in [0, 0.05) is 56.6 Å². The highest BCUT2D eigenvalue weighted by molar-refractivity contribution is 5.93. The predicted octanol–water partition coefficient (Wildman–Crippen LogP) is 1.06. The number of nitrogens with zero attached hydrogens (tertiary/aromatic N) is 3. The Labute approximate surface area is 155 Å². The smallest absolute Gasteiger partial charge is 0.313 e. The third-order valence-electron chi connectivity index (χ3n) is 5.42. The zero-order valence-corrected chi connectivity index (χ0v) is 15.1. The number of fused-ring (bicyclic) bond motifs is 1. The molecule has 2 aromatic heterocycles. The molecule has 2 saturated heterocycles. The van der Waals surface area contributed by atoms with Gasteiger partial charge in [0.1, 0.15) is 5.41 Å². The van der Waals surface area contributed by atoms with E-state index >= 15 is 0 Å². The number of furan rings is 1. The van der Waals surface area contributed by atoms with Gasteiger partial charge in [0.25, 0.3) is 11.9 Å². The van der Waals surface area contributed by atoms with Gasteiger partial charge in [-0.1, -0.05) is 0 Å². The van der Waals surface area contributed by atoms with E-state index in [0.717, 1.165) is 5.69 Å². The number of aromatic nitrogens is 2. The molecule has 1 amide bonds. The van der Waals surface area contributed by atoms with Crippen LogP contribution in [0.4, 0.5) is 0 Å². The molecule has 2 atom stereocenters. The summed E-state index contributed by atoms with van der Waals surface area (Å²) in [7, 11) is 0. The lowest BCUT2D eigenvalue weighted by Gasteiger charge is -2.24. The van der Waals surface area contributed by atoms with Crippen molar-refractivity contribution in [3.8, 4) is 5.95 Å². The van der Waals surface area contributed by atoms with Crippen molar-refractivity contribution in [1.29, 1.82) is 0 Å². The van der Waals surface area contributed by atoms with Crippen molar-refractivity contribution < 1.29 is 23.8 Å². The minimum Gasteiger partial charge on any atom is -0.481 e. The van der Waals surface area contributed by atoms with Crippen molar-refractivity contribution in [2.24, 2.45) is 11.3 Å². The molecular weight excluding hydrogens is 352 g/mol. The number of likely N-dealkylation sites (tertiary alicyclic amines) is 2. The van der Waals surface area contributed by atoms with Crippen LogP contribution in [0, 0.1) is 11.3 Å². The fourth-order valence-electron chi connectivity index (χ4n) is 4.17. The van der Waals surface area contributed by atoms with Crippen molar-refractivity contribution in [2.45, 2.75) is 13.5 Å². The van der Waals surface area contributed by atoms with Gasteiger partial charge >= 0.3 is 5.97 Å². The van der Waals surface area contributed by atoms with Crippen LogP contribution in [0.1, 0.15) is 23.2 Å². The van der Waals surface area contributed by atoms with Crippen LogP contribution in [0.2, 0.25) is 0 Å². The number of amides is 1. The molecule has 0 unspecified atom stereocenters. The summed E-state index contributed by atoms with van der Waals surface area (Å²) in [6.07, 6.45) is 3.35. The highest BCUT2D eigenvalue weighted by Crippen LogP contribution is 2.43. The molecule has 0 saturated carbocycles. The monoisotopic (exact) mass is 374 g/mol. The van der Waals surface area contributed by atoms with Crippen molar-refractivity contribution in [3.05, 3.63) is 36.1 Å². The lowest BCUT2D eigenvalue weighted by molar-refractivity contribution is -0.148. The number of carbonyl (C=O) groups excluding carboxylic acids is 1. The van der Waals surface area contributed by atoms with Crippen LogP contribution in [0.15, 0.2) is 29.1 Å². The van der Waals surface area contributed by atoms with E-state index in [4.69, 9.17) is 9.15 Å². The van der Waals surface area contributed by atoms with Gasteiger partial charge in [-0.3, -0.25) is 14.5 Å². The average Bonchev–Trinajstić information content (AvgIpc) is 3.37. The number of rotatable bonds is 6. The Bertz CT molecular complexity index is 833. The van der Waals surface area contributed by atoms with E-state index in [1.807, 2.05) is 6.92 Å². The first-order chi connectivity index (χ1) is 13.0. The van der Waals surface area contributed by atoms with Gasteiger partial charge in [-0.2, -0.15) is 0 Å². The molecule has 4 heterocycles.